The highest BCUT2D eigenvalue weighted by Gasteiger charge is 2.37. The third-order valence-corrected chi connectivity index (χ3v) is 3.63. The van der Waals surface area contributed by atoms with Gasteiger partial charge in [0.05, 0.1) is 0 Å². The summed E-state index contributed by atoms with van der Waals surface area (Å²) in [6.07, 6.45) is 1.24. The molecule has 2 N–H and O–H groups in total. The Bertz CT molecular complexity index is 377. The van der Waals surface area contributed by atoms with Gasteiger partial charge >= 0.3 is 0 Å². The van der Waals surface area contributed by atoms with Crippen molar-refractivity contribution in [2.24, 2.45) is 11.7 Å². The normalized spacial score (nSPS) is 25.6. The molecular weight excluding hydrogens is 198 g/mol. The van der Waals surface area contributed by atoms with Crippen LogP contribution in [0.4, 0.5) is 0 Å². The topological polar surface area (TPSA) is 51.8 Å². The van der Waals surface area contributed by atoms with Crippen LogP contribution in [0.1, 0.15) is 54.9 Å². The van der Waals surface area contributed by atoms with Gasteiger partial charge in [0.15, 0.2) is 0 Å². The fourth-order valence-electron chi connectivity index (χ4n) is 2.43. The van der Waals surface area contributed by atoms with Gasteiger partial charge in [-0.2, -0.15) is 0 Å². The van der Waals surface area contributed by atoms with E-state index in [-0.39, 0.29) is 0 Å². The Hall–Kier alpha value is -0.960. The van der Waals surface area contributed by atoms with Gasteiger partial charge in [0.1, 0.15) is 5.82 Å². The summed E-state index contributed by atoms with van der Waals surface area (Å²) in [4.78, 5) is 9.30. The minimum absolute atomic E-state index is 0.352. The molecule has 1 heterocycles. The molecule has 0 bridgehead atoms. The second-order valence-corrected chi connectivity index (χ2v) is 5.12. The highest BCUT2D eigenvalue weighted by Crippen LogP contribution is 2.45. The summed E-state index contributed by atoms with van der Waals surface area (Å²) in [5.74, 6) is 2.75. The molecule has 1 aliphatic rings. The van der Waals surface area contributed by atoms with Gasteiger partial charge in [0, 0.05) is 17.3 Å². The Labute approximate surface area is 97.5 Å². The van der Waals surface area contributed by atoms with Crippen molar-refractivity contribution in [3.05, 3.63) is 22.8 Å². The Morgan fingerprint density at radius 3 is 2.19 bits per heavy atom. The van der Waals surface area contributed by atoms with Crippen LogP contribution in [0, 0.1) is 19.8 Å². The molecule has 1 fully saturated rings. The smallest absolute Gasteiger partial charge is 0.132 e. The number of rotatable bonds is 3. The predicted octanol–water partition coefficient (Wildman–Crippen LogP) is 2.28. The highest BCUT2D eigenvalue weighted by atomic mass is 14.9. The van der Waals surface area contributed by atoms with Gasteiger partial charge < -0.3 is 5.73 Å². The molecule has 16 heavy (non-hydrogen) atoms. The van der Waals surface area contributed by atoms with Crippen molar-refractivity contribution >= 4 is 0 Å². The number of nitrogens with two attached hydrogens (primary N) is 1. The van der Waals surface area contributed by atoms with Crippen LogP contribution in [-0.2, 0) is 0 Å². The van der Waals surface area contributed by atoms with Gasteiger partial charge in [-0.15, -0.1) is 0 Å². The van der Waals surface area contributed by atoms with Crippen LogP contribution in [0.2, 0.25) is 0 Å². The molecule has 3 nitrogen and oxygen atoms in total. The first-order valence-corrected chi connectivity index (χ1v) is 6.09. The van der Waals surface area contributed by atoms with Crippen LogP contribution < -0.4 is 5.73 Å². The number of aromatic nitrogens is 2. The minimum atomic E-state index is 0.352. The fraction of sp³-hybridized carbons (Fsp3) is 0.692. The Kier molecular flexibility index (Phi) is 2.98. The molecule has 0 radical (unpaired) electrons. The molecule has 0 amide bonds. The van der Waals surface area contributed by atoms with E-state index in [1.807, 2.05) is 0 Å². The van der Waals surface area contributed by atoms with Crippen LogP contribution in [0.15, 0.2) is 0 Å². The van der Waals surface area contributed by atoms with Gasteiger partial charge in [0.25, 0.3) is 0 Å². The summed E-state index contributed by atoms with van der Waals surface area (Å²) in [7, 11) is 0. The third kappa shape index (κ3) is 1.96. The van der Waals surface area contributed by atoms with E-state index in [1.165, 1.54) is 12.0 Å². The maximum Gasteiger partial charge on any atom is 0.132 e. The standard InChI is InChI=1S/C13H21N3/c1-7-5-11(7)13-15-9(3)12(8(2)6-14)10(4)16-13/h7-8,11H,5-6,14H2,1-4H3. The molecule has 3 atom stereocenters. The average Bonchev–Trinajstić information content (AvgIpc) is 2.94. The van der Waals surface area contributed by atoms with Crippen LogP contribution in [0.3, 0.4) is 0 Å². The summed E-state index contributed by atoms with van der Waals surface area (Å²) < 4.78 is 0. The van der Waals surface area contributed by atoms with Crippen molar-refractivity contribution in [3.8, 4) is 0 Å². The zero-order valence-electron chi connectivity index (χ0n) is 10.6. The SMILES string of the molecule is Cc1nc(C2CC2C)nc(C)c1C(C)CN. The van der Waals surface area contributed by atoms with Crippen LogP contribution in [0.25, 0.3) is 0 Å². The molecule has 0 aliphatic heterocycles. The molecule has 2 rings (SSSR count). The van der Waals surface area contributed by atoms with Crippen LogP contribution in [-0.4, -0.2) is 16.5 Å². The lowest BCUT2D eigenvalue weighted by atomic mass is 9.98. The maximum absolute atomic E-state index is 5.72. The van der Waals surface area contributed by atoms with E-state index >= 15 is 0 Å². The summed E-state index contributed by atoms with van der Waals surface area (Å²) in [5.41, 5.74) is 9.18. The minimum Gasteiger partial charge on any atom is -0.330 e. The van der Waals surface area contributed by atoms with Crippen molar-refractivity contribution < 1.29 is 0 Å². The van der Waals surface area contributed by atoms with E-state index in [2.05, 4.69) is 37.7 Å². The van der Waals surface area contributed by atoms with Crippen molar-refractivity contribution in [2.45, 2.75) is 46.0 Å². The maximum atomic E-state index is 5.72. The Morgan fingerprint density at radius 2 is 1.81 bits per heavy atom. The van der Waals surface area contributed by atoms with Crippen molar-refractivity contribution in [1.82, 2.24) is 9.97 Å². The van der Waals surface area contributed by atoms with Crippen LogP contribution in [0.5, 0.6) is 0 Å². The van der Waals surface area contributed by atoms with Gasteiger partial charge in [-0.3, -0.25) is 0 Å². The monoisotopic (exact) mass is 219 g/mol. The van der Waals surface area contributed by atoms with Gasteiger partial charge in [0.2, 0.25) is 0 Å². The lowest BCUT2D eigenvalue weighted by Gasteiger charge is -2.15. The molecule has 1 aromatic rings. The van der Waals surface area contributed by atoms with Crippen molar-refractivity contribution in [2.75, 3.05) is 6.54 Å². The molecule has 88 valence electrons. The lowest BCUT2D eigenvalue weighted by molar-refractivity contribution is 0.724. The first-order valence-electron chi connectivity index (χ1n) is 6.09. The molecule has 0 saturated heterocycles. The fourth-order valence-corrected chi connectivity index (χ4v) is 2.43. The summed E-state index contributed by atoms with van der Waals surface area (Å²) >= 11 is 0. The molecule has 3 unspecified atom stereocenters. The van der Waals surface area contributed by atoms with Crippen molar-refractivity contribution in [1.29, 1.82) is 0 Å². The summed E-state index contributed by atoms with van der Waals surface area (Å²) in [6, 6.07) is 0. The Balaban J connectivity index is 2.35. The van der Waals surface area contributed by atoms with Crippen molar-refractivity contribution in [3.63, 3.8) is 0 Å². The number of aryl methyl sites for hydroxylation is 2. The molecule has 0 spiro atoms. The third-order valence-electron chi connectivity index (χ3n) is 3.63. The van der Waals surface area contributed by atoms with E-state index in [0.29, 0.717) is 18.4 Å². The number of nitrogens with zero attached hydrogens (tertiary/aromatic N) is 2. The predicted molar refractivity (Wildman–Crippen MR) is 65.5 cm³/mol. The van der Waals surface area contributed by atoms with E-state index in [4.69, 9.17) is 5.73 Å². The number of hydrogen-bond donors (Lipinski definition) is 1. The summed E-state index contributed by atoms with van der Waals surface area (Å²) in [6.45, 7) is 9.21. The zero-order valence-corrected chi connectivity index (χ0v) is 10.6. The van der Waals surface area contributed by atoms with E-state index < -0.39 is 0 Å². The second kappa shape index (κ2) is 4.13. The molecule has 1 saturated carbocycles. The lowest BCUT2D eigenvalue weighted by Crippen LogP contribution is -2.14. The van der Waals surface area contributed by atoms with E-state index in [9.17, 15) is 0 Å². The molecule has 1 aromatic heterocycles. The first-order chi connectivity index (χ1) is 7.54. The zero-order chi connectivity index (χ0) is 11.9. The van der Waals surface area contributed by atoms with E-state index in [1.54, 1.807) is 0 Å². The Morgan fingerprint density at radius 1 is 1.31 bits per heavy atom. The highest BCUT2D eigenvalue weighted by molar-refractivity contribution is 5.29. The molecular formula is C13H21N3. The summed E-state index contributed by atoms with van der Waals surface area (Å²) in [5, 5.41) is 0. The first kappa shape index (κ1) is 11.5. The largest absolute Gasteiger partial charge is 0.330 e. The van der Waals surface area contributed by atoms with Crippen LogP contribution >= 0.6 is 0 Å². The second-order valence-electron chi connectivity index (χ2n) is 5.12. The molecule has 1 aliphatic carbocycles. The van der Waals surface area contributed by atoms with Gasteiger partial charge in [-0.05, 0) is 44.2 Å². The number of hydrogen-bond acceptors (Lipinski definition) is 3. The average molecular weight is 219 g/mol. The van der Waals surface area contributed by atoms with Gasteiger partial charge in [-0.1, -0.05) is 13.8 Å². The van der Waals surface area contributed by atoms with Gasteiger partial charge in [-0.25, -0.2) is 9.97 Å². The molecule has 0 aromatic carbocycles. The molecule has 3 heteroatoms. The van der Waals surface area contributed by atoms with E-state index in [0.717, 1.165) is 23.1 Å². The quantitative estimate of drug-likeness (QED) is 0.848.